The minimum Gasteiger partial charge on any atom is -0.339 e. The molecule has 10 nitrogen and oxygen atoms in total. The van der Waals surface area contributed by atoms with E-state index in [0.717, 1.165) is 64.6 Å². The molecule has 5 rings (SSSR count). The predicted molar refractivity (Wildman–Crippen MR) is 128 cm³/mol. The summed E-state index contributed by atoms with van der Waals surface area (Å²) in [5.41, 5.74) is 2.38. The van der Waals surface area contributed by atoms with Crippen LogP contribution in [-0.2, 0) is 6.54 Å². The van der Waals surface area contributed by atoms with Crippen LogP contribution in [0.4, 0.5) is 17.5 Å². The number of anilines is 3. The zero-order valence-electron chi connectivity index (χ0n) is 17.4. The van der Waals surface area contributed by atoms with E-state index in [1.807, 2.05) is 12.1 Å². The number of aromatic nitrogens is 4. The van der Waals surface area contributed by atoms with Gasteiger partial charge in [-0.25, -0.2) is 10.1 Å². The lowest BCUT2D eigenvalue weighted by molar-refractivity contribution is 0.233. The van der Waals surface area contributed by atoms with Crippen LogP contribution in [0.15, 0.2) is 35.3 Å². The normalized spacial score (nSPS) is 17.2. The van der Waals surface area contributed by atoms with Gasteiger partial charge in [0, 0.05) is 64.6 Å². The number of nitrogens with zero attached hydrogens (tertiary/aromatic N) is 5. The quantitative estimate of drug-likeness (QED) is 0.462. The summed E-state index contributed by atoms with van der Waals surface area (Å²) in [4.78, 5) is 26.4. The predicted octanol–water partition coefficient (Wildman–Crippen LogP) is 0.908. The summed E-state index contributed by atoms with van der Waals surface area (Å²) >= 11 is 0. The molecule has 0 atom stereocenters. The van der Waals surface area contributed by atoms with Crippen molar-refractivity contribution in [3.05, 3.63) is 46.4 Å². The highest BCUT2D eigenvalue weighted by atomic mass is 16.1. The first-order chi connectivity index (χ1) is 15.3. The lowest BCUT2D eigenvalue weighted by Gasteiger charge is -2.28. The van der Waals surface area contributed by atoms with Gasteiger partial charge >= 0.3 is 0 Å². The molecule has 3 aromatic rings. The van der Waals surface area contributed by atoms with E-state index in [9.17, 15) is 4.79 Å². The molecule has 2 aliphatic heterocycles. The second kappa shape index (κ2) is 10.0. The Bertz CT molecular complexity index is 1090. The second-order valence-electron chi connectivity index (χ2n) is 7.92. The molecule has 170 valence electrons. The summed E-state index contributed by atoms with van der Waals surface area (Å²) in [6.45, 7) is 8.57. The molecule has 0 spiro atoms. The largest absolute Gasteiger partial charge is 0.339 e. The number of hydrogen-bond donors (Lipinski definition) is 4. The Hall–Kier alpha value is -3.08. The van der Waals surface area contributed by atoms with Gasteiger partial charge in [0.15, 0.2) is 0 Å². The van der Waals surface area contributed by atoms with Gasteiger partial charge in [0.25, 0.3) is 5.56 Å². The van der Waals surface area contributed by atoms with Crippen LogP contribution < -0.4 is 26.4 Å². The summed E-state index contributed by atoms with van der Waals surface area (Å²) in [6.07, 6.45) is 1.58. The third kappa shape index (κ3) is 4.87. The van der Waals surface area contributed by atoms with Crippen LogP contribution in [0, 0.1) is 0 Å². The fraction of sp³-hybridized carbons (Fsp3) is 0.455. The number of hydrogen-bond acceptors (Lipinski definition) is 9. The number of benzene rings is 1. The van der Waals surface area contributed by atoms with E-state index >= 15 is 0 Å². The first-order valence-corrected chi connectivity index (χ1v) is 10.8. The molecule has 1 aromatic carbocycles. The zero-order valence-corrected chi connectivity index (χ0v) is 17.4. The minimum atomic E-state index is -0.304. The molecule has 0 aliphatic carbocycles. The molecule has 0 amide bonds. The Kier molecular flexibility index (Phi) is 6.93. The molecule has 2 saturated heterocycles. The van der Waals surface area contributed by atoms with Crippen LogP contribution in [0.3, 0.4) is 0 Å². The maximum atomic E-state index is 12.5. The molecule has 2 aliphatic rings. The Morgan fingerprint density at radius 3 is 2.34 bits per heavy atom. The molecule has 32 heavy (non-hydrogen) atoms. The molecule has 4 N–H and O–H groups in total. The van der Waals surface area contributed by atoms with Crippen LogP contribution in [-0.4, -0.2) is 77.4 Å². The molecule has 4 heterocycles. The highest BCUT2D eigenvalue weighted by Crippen LogP contribution is 2.24. The first kappa shape index (κ1) is 22.1. The van der Waals surface area contributed by atoms with E-state index < -0.39 is 0 Å². The van der Waals surface area contributed by atoms with Crippen LogP contribution in [0.25, 0.3) is 10.9 Å². The smallest absolute Gasteiger partial charge is 0.277 e. The summed E-state index contributed by atoms with van der Waals surface area (Å²) in [6, 6.07) is 8.31. The number of aromatic amines is 1. The third-order valence-corrected chi connectivity index (χ3v) is 5.74. The van der Waals surface area contributed by atoms with Crippen LogP contribution in [0.5, 0.6) is 0 Å². The Balaban J connectivity index is 0.00000245. The molecule has 2 aromatic heterocycles. The summed E-state index contributed by atoms with van der Waals surface area (Å²) < 4.78 is 0. The van der Waals surface area contributed by atoms with Crippen molar-refractivity contribution < 1.29 is 0 Å². The van der Waals surface area contributed by atoms with Gasteiger partial charge in [-0.1, -0.05) is 19.6 Å². The Labute approximate surface area is 187 Å². The second-order valence-corrected chi connectivity index (χ2v) is 7.92. The van der Waals surface area contributed by atoms with Gasteiger partial charge in [-0.2, -0.15) is 10.1 Å². The van der Waals surface area contributed by atoms with Crippen LogP contribution in [0.2, 0.25) is 0 Å². The number of piperazine rings is 2. The van der Waals surface area contributed by atoms with Crippen molar-refractivity contribution in [2.24, 2.45) is 0 Å². The fourth-order valence-electron chi connectivity index (χ4n) is 4.05. The van der Waals surface area contributed by atoms with Crippen molar-refractivity contribution in [3.63, 3.8) is 0 Å². The van der Waals surface area contributed by atoms with Crippen molar-refractivity contribution in [2.75, 3.05) is 62.6 Å². The summed E-state index contributed by atoms with van der Waals surface area (Å²) in [7, 11) is 0. The maximum absolute atomic E-state index is 12.5. The van der Waals surface area contributed by atoms with E-state index in [1.54, 1.807) is 6.20 Å². The van der Waals surface area contributed by atoms with Gasteiger partial charge in [0.1, 0.15) is 16.7 Å². The van der Waals surface area contributed by atoms with E-state index in [2.05, 4.69) is 53.1 Å². The van der Waals surface area contributed by atoms with Gasteiger partial charge in [0.2, 0.25) is 5.95 Å². The van der Waals surface area contributed by atoms with Gasteiger partial charge in [-0.05, 0) is 17.7 Å². The molecule has 2 fully saturated rings. The number of H-pyrrole nitrogens is 1. The van der Waals surface area contributed by atoms with E-state index in [-0.39, 0.29) is 13.0 Å². The average Bonchev–Trinajstić information content (AvgIpc) is 2.81. The van der Waals surface area contributed by atoms with Gasteiger partial charge < -0.3 is 20.9 Å². The van der Waals surface area contributed by atoms with Crippen molar-refractivity contribution in [3.8, 4) is 0 Å². The van der Waals surface area contributed by atoms with Gasteiger partial charge in [0.05, 0.1) is 6.20 Å². The molecule has 0 saturated carbocycles. The standard InChI is InChI=1S/C21H27N9O.CH4/c31-20-18-17(13-24-28-20)26-21(30-11-7-23-8-12-30)27-19(18)25-16-3-1-15(2-4-16)14-29-9-5-22-6-10-29;/h1-4,13,22-23H,5-12,14H2,(H,28,31)(H,25,26,27);1H4. The number of fused-ring (bicyclic) bond motifs is 1. The third-order valence-electron chi connectivity index (χ3n) is 5.74. The van der Waals surface area contributed by atoms with Gasteiger partial charge in [-0.3, -0.25) is 9.69 Å². The van der Waals surface area contributed by atoms with E-state index in [0.29, 0.717) is 22.7 Å². The first-order valence-electron chi connectivity index (χ1n) is 10.8. The molecular weight excluding hydrogens is 406 g/mol. The molecule has 0 radical (unpaired) electrons. The Morgan fingerprint density at radius 1 is 0.938 bits per heavy atom. The number of rotatable bonds is 5. The maximum Gasteiger partial charge on any atom is 0.277 e. The van der Waals surface area contributed by atoms with Crippen molar-refractivity contribution in [2.45, 2.75) is 14.0 Å². The molecule has 10 heteroatoms. The van der Waals surface area contributed by atoms with E-state index in [1.165, 1.54) is 5.56 Å². The van der Waals surface area contributed by atoms with Gasteiger partial charge in [-0.15, -0.1) is 0 Å². The molecular formula is C22H31N9O. The Morgan fingerprint density at radius 2 is 1.62 bits per heavy atom. The highest BCUT2D eigenvalue weighted by Gasteiger charge is 2.18. The average molecular weight is 438 g/mol. The van der Waals surface area contributed by atoms with Crippen molar-refractivity contribution in [1.82, 2.24) is 35.7 Å². The SMILES string of the molecule is C.O=c1[nH]ncc2nc(N3CCNCC3)nc(Nc3ccc(CN4CCNCC4)cc3)c12. The minimum absolute atomic E-state index is 0. The monoisotopic (exact) mass is 437 g/mol. The van der Waals surface area contributed by atoms with Crippen molar-refractivity contribution >= 4 is 28.4 Å². The van der Waals surface area contributed by atoms with E-state index in [4.69, 9.17) is 4.98 Å². The van der Waals surface area contributed by atoms with Crippen LogP contribution in [0.1, 0.15) is 13.0 Å². The molecule has 0 unspecified atom stereocenters. The fourth-order valence-corrected chi connectivity index (χ4v) is 4.05. The number of nitrogens with one attached hydrogen (secondary N) is 4. The summed E-state index contributed by atoms with van der Waals surface area (Å²) in [5.74, 6) is 1.11. The zero-order chi connectivity index (χ0) is 21.0. The lowest BCUT2D eigenvalue weighted by Crippen LogP contribution is -2.44. The highest BCUT2D eigenvalue weighted by molar-refractivity contribution is 5.90. The summed E-state index contributed by atoms with van der Waals surface area (Å²) in [5, 5.41) is 16.9. The van der Waals surface area contributed by atoms with Crippen LogP contribution >= 0.6 is 0 Å². The van der Waals surface area contributed by atoms with Crippen molar-refractivity contribution in [1.29, 1.82) is 0 Å². The molecule has 0 bridgehead atoms. The lowest BCUT2D eigenvalue weighted by atomic mass is 10.2. The topological polar surface area (TPSA) is 114 Å².